The molecule has 0 spiro atoms. The first-order chi connectivity index (χ1) is 7.66. The fourth-order valence-corrected chi connectivity index (χ4v) is 2.49. The fourth-order valence-electron chi connectivity index (χ4n) is 2.26. The summed E-state index contributed by atoms with van der Waals surface area (Å²) in [5.41, 5.74) is 2.17. The lowest BCUT2D eigenvalue weighted by molar-refractivity contribution is 0.0723. The number of aromatic nitrogens is 2. The molecule has 16 heavy (non-hydrogen) atoms. The number of fused-ring (bicyclic) bond motifs is 1. The first-order valence-corrected chi connectivity index (χ1v) is 5.88. The van der Waals surface area contributed by atoms with E-state index < -0.39 is 0 Å². The van der Waals surface area contributed by atoms with E-state index in [1.165, 1.54) is 0 Å². The second-order valence-electron chi connectivity index (χ2n) is 4.38. The Balaban J connectivity index is 2.05. The molecule has 0 bridgehead atoms. The van der Waals surface area contributed by atoms with Crippen LogP contribution in [-0.4, -0.2) is 33.4 Å². The summed E-state index contributed by atoms with van der Waals surface area (Å²) in [6.07, 6.45) is 3.06. The van der Waals surface area contributed by atoms with Gasteiger partial charge in [0.2, 0.25) is 5.28 Å². The van der Waals surface area contributed by atoms with Crippen LogP contribution in [0, 0.1) is 6.92 Å². The van der Waals surface area contributed by atoms with Crippen molar-refractivity contribution in [2.75, 3.05) is 6.54 Å². The number of carbonyl (C=O) groups is 1. The molecule has 3 rings (SSSR count). The fraction of sp³-hybridized carbons (Fsp3) is 0.545. The van der Waals surface area contributed by atoms with E-state index in [1.807, 2.05) is 11.8 Å². The second-order valence-corrected chi connectivity index (χ2v) is 4.72. The monoisotopic (exact) mass is 237 g/mol. The number of rotatable bonds is 1. The van der Waals surface area contributed by atoms with Crippen LogP contribution in [0.2, 0.25) is 5.28 Å². The van der Waals surface area contributed by atoms with Gasteiger partial charge in [0.1, 0.15) is 0 Å². The second kappa shape index (κ2) is 3.42. The van der Waals surface area contributed by atoms with Gasteiger partial charge < -0.3 is 4.90 Å². The number of hydrogen-bond donors (Lipinski definition) is 0. The van der Waals surface area contributed by atoms with Gasteiger partial charge in [-0.25, -0.2) is 9.97 Å². The van der Waals surface area contributed by atoms with Gasteiger partial charge in [-0.1, -0.05) is 0 Å². The average molecular weight is 238 g/mol. The zero-order valence-corrected chi connectivity index (χ0v) is 9.79. The van der Waals surface area contributed by atoms with Gasteiger partial charge in [-0.2, -0.15) is 0 Å². The van der Waals surface area contributed by atoms with Crippen molar-refractivity contribution in [1.82, 2.24) is 14.9 Å². The van der Waals surface area contributed by atoms with E-state index in [9.17, 15) is 4.79 Å². The number of amides is 1. The average Bonchev–Trinajstić information content (AvgIpc) is 3.00. The van der Waals surface area contributed by atoms with E-state index in [0.717, 1.165) is 31.5 Å². The Kier molecular flexibility index (Phi) is 2.14. The van der Waals surface area contributed by atoms with Crippen LogP contribution in [0.1, 0.15) is 34.6 Å². The highest BCUT2D eigenvalue weighted by atomic mass is 35.5. The third-order valence-electron chi connectivity index (χ3n) is 3.19. The highest BCUT2D eigenvalue weighted by Gasteiger charge is 2.37. The molecule has 1 aliphatic carbocycles. The summed E-state index contributed by atoms with van der Waals surface area (Å²) in [5, 5.41) is 0.240. The van der Waals surface area contributed by atoms with Gasteiger partial charge in [-0.3, -0.25) is 4.79 Å². The quantitative estimate of drug-likeness (QED) is 0.697. The van der Waals surface area contributed by atoms with Crippen LogP contribution in [0.4, 0.5) is 0 Å². The number of hydrogen-bond acceptors (Lipinski definition) is 3. The molecule has 0 atom stereocenters. The van der Waals surface area contributed by atoms with Crippen LogP contribution in [0.5, 0.6) is 0 Å². The summed E-state index contributed by atoms with van der Waals surface area (Å²) in [5.74, 6) is 0.0814. The molecule has 1 aliphatic heterocycles. The van der Waals surface area contributed by atoms with Gasteiger partial charge in [0.05, 0.1) is 17.0 Å². The minimum Gasteiger partial charge on any atom is -0.335 e. The van der Waals surface area contributed by atoms with Gasteiger partial charge in [-0.05, 0) is 31.4 Å². The number of nitrogens with zero attached hydrogens (tertiary/aromatic N) is 3. The van der Waals surface area contributed by atoms with Gasteiger partial charge in [0.25, 0.3) is 5.91 Å². The van der Waals surface area contributed by atoms with Crippen molar-refractivity contribution in [3.8, 4) is 0 Å². The van der Waals surface area contributed by atoms with Crippen molar-refractivity contribution in [3.63, 3.8) is 0 Å². The maximum absolute atomic E-state index is 12.2. The predicted molar refractivity (Wildman–Crippen MR) is 59.5 cm³/mol. The molecule has 84 valence electrons. The van der Waals surface area contributed by atoms with Crippen molar-refractivity contribution in [2.45, 2.75) is 32.2 Å². The molecule has 1 aromatic rings. The molecule has 4 nitrogen and oxygen atoms in total. The highest BCUT2D eigenvalue weighted by Crippen LogP contribution is 2.32. The highest BCUT2D eigenvalue weighted by molar-refractivity contribution is 6.28. The Morgan fingerprint density at radius 3 is 2.81 bits per heavy atom. The normalized spacial score (nSPS) is 19.9. The molecule has 0 aromatic carbocycles. The molecule has 1 fully saturated rings. The standard InChI is InChI=1S/C11H12ClN3O/c1-6-9-8(14-11(12)13-6)4-5-15(10(9)16)7-2-3-7/h7H,2-5H2,1H3. The molecule has 5 heteroatoms. The molecule has 1 saturated carbocycles. The van der Waals surface area contributed by atoms with E-state index in [0.29, 0.717) is 17.3 Å². The summed E-state index contributed by atoms with van der Waals surface area (Å²) < 4.78 is 0. The van der Waals surface area contributed by atoms with E-state index in [4.69, 9.17) is 11.6 Å². The van der Waals surface area contributed by atoms with Crippen molar-refractivity contribution >= 4 is 17.5 Å². The predicted octanol–water partition coefficient (Wildman–Crippen LogP) is 1.60. The van der Waals surface area contributed by atoms with Crippen LogP contribution in [0.15, 0.2) is 0 Å². The van der Waals surface area contributed by atoms with E-state index in [1.54, 1.807) is 0 Å². The van der Waals surface area contributed by atoms with Crippen LogP contribution in [-0.2, 0) is 6.42 Å². The van der Waals surface area contributed by atoms with Gasteiger partial charge in [-0.15, -0.1) is 0 Å². The van der Waals surface area contributed by atoms with E-state index in [-0.39, 0.29) is 11.2 Å². The Bertz CT molecular complexity index is 471. The molecule has 0 saturated heterocycles. The maximum Gasteiger partial charge on any atom is 0.257 e. The lowest BCUT2D eigenvalue weighted by Gasteiger charge is -2.28. The molecule has 1 amide bonds. The minimum absolute atomic E-state index is 0.0814. The molecule has 2 aliphatic rings. The van der Waals surface area contributed by atoms with Crippen LogP contribution >= 0.6 is 11.6 Å². The summed E-state index contributed by atoms with van der Waals surface area (Å²) in [7, 11) is 0. The minimum atomic E-state index is 0.0814. The van der Waals surface area contributed by atoms with E-state index >= 15 is 0 Å². The Hall–Kier alpha value is -1.16. The van der Waals surface area contributed by atoms with Gasteiger partial charge in [0, 0.05) is 19.0 Å². The third-order valence-corrected chi connectivity index (χ3v) is 3.36. The van der Waals surface area contributed by atoms with Crippen LogP contribution < -0.4 is 0 Å². The molecule has 1 aromatic heterocycles. The van der Waals surface area contributed by atoms with Crippen molar-refractivity contribution in [3.05, 3.63) is 22.2 Å². The van der Waals surface area contributed by atoms with Crippen molar-refractivity contribution in [1.29, 1.82) is 0 Å². The Morgan fingerprint density at radius 2 is 2.12 bits per heavy atom. The topological polar surface area (TPSA) is 46.1 Å². The first-order valence-electron chi connectivity index (χ1n) is 5.51. The number of carbonyl (C=O) groups excluding carboxylic acids is 1. The molecular weight excluding hydrogens is 226 g/mol. The zero-order valence-electron chi connectivity index (χ0n) is 9.03. The first kappa shape index (κ1) is 10.0. The van der Waals surface area contributed by atoms with Gasteiger partial charge in [0.15, 0.2) is 0 Å². The Labute approximate surface area is 98.6 Å². The molecular formula is C11H12ClN3O. The Morgan fingerprint density at radius 1 is 1.38 bits per heavy atom. The summed E-state index contributed by atoms with van der Waals surface area (Å²) in [6.45, 7) is 2.59. The van der Waals surface area contributed by atoms with Crippen molar-refractivity contribution < 1.29 is 4.79 Å². The maximum atomic E-state index is 12.2. The molecule has 0 N–H and O–H groups in total. The van der Waals surface area contributed by atoms with Crippen LogP contribution in [0.25, 0.3) is 0 Å². The van der Waals surface area contributed by atoms with Gasteiger partial charge >= 0.3 is 0 Å². The summed E-state index contributed by atoms with van der Waals surface area (Å²) in [6, 6.07) is 0.454. The lowest BCUT2D eigenvalue weighted by atomic mass is 10.0. The summed E-state index contributed by atoms with van der Waals surface area (Å²) >= 11 is 5.79. The molecule has 0 radical (unpaired) electrons. The zero-order chi connectivity index (χ0) is 11.3. The lowest BCUT2D eigenvalue weighted by Crippen LogP contribution is -2.40. The largest absolute Gasteiger partial charge is 0.335 e. The molecule has 0 unspecified atom stereocenters. The number of aryl methyl sites for hydroxylation is 1. The summed E-state index contributed by atoms with van der Waals surface area (Å²) in [4.78, 5) is 22.4. The smallest absolute Gasteiger partial charge is 0.257 e. The third kappa shape index (κ3) is 1.48. The number of halogens is 1. The molecule has 2 heterocycles. The van der Waals surface area contributed by atoms with E-state index in [2.05, 4.69) is 9.97 Å². The van der Waals surface area contributed by atoms with Crippen molar-refractivity contribution in [2.24, 2.45) is 0 Å². The van der Waals surface area contributed by atoms with Crippen LogP contribution in [0.3, 0.4) is 0 Å². The SMILES string of the molecule is Cc1nc(Cl)nc2c1C(=O)N(C1CC1)CC2.